The minimum atomic E-state index is 0.660. The van der Waals surface area contributed by atoms with Gasteiger partial charge in [0.05, 0.1) is 23.3 Å². The second kappa shape index (κ2) is 8.59. The van der Waals surface area contributed by atoms with E-state index < -0.39 is 0 Å². The molecule has 38 heavy (non-hydrogen) atoms. The number of hydrogen-bond acceptors (Lipinski definition) is 2. The zero-order valence-electron chi connectivity index (χ0n) is 20.4. The molecular formula is C36H20N2. The van der Waals surface area contributed by atoms with Gasteiger partial charge >= 0.3 is 0 Å². The van der Waals surface area contributed by atoms with Gasteiger partial charge in [0, 0.05) is 0 Å². The first kappa shape index (κ1) is 21.8. The molecule has 0 fully saturated rings. The Morgan fingerprint density at radius 1 is 0.395 bits per heavy atom. The van der Waals surface area contributed by atoms with E-state index in [0.717, 1.165) is 33.0 Å². The van der Waals surface area contributed by atoms with Crippen LogP contribution in [0, 0.1) is 22.7 Å². The molecule has 7 rings (SSSR count). The van der Waals surface area contributed by atoms with Gasteiger partial charge in [-0.05, 0) is 102 Å². The van der Waals surface area contributed by atoms with Gasteiger partial charge in [-0.2, -0.15) is 10.5 Å². The molecule has 0 spiro atoms. The Labute approximate surface area is 220 Å². The van der Waals surface area contributed by atoms with Gasteiger partial charge in [-0.3, -0.25) is 0 Å². The fourth-order valence-electron chi connectivity index (χ4n) is 5.64. The van der Waals surface area contributed by atoms with E-state index in [0.29, 0.717) is 11.1 Å². The minimum Gasteiger partial charge on any atom is -0.192 e. The number of nitrogens with zero attached hydrogens (tertiary/aromatic N) is 2. The van der Waals surface area contributed by atoms with E-state index in [-0.39, 0.29) is 0 Å². The van der Waals surface area contributed by atoms with Crippen molar-refractivity contribution in [3.05, 3.63) is 132 Å². The van der Waals surface area contributed by atoms with E-state index in [1.54, 1.807) is 0 Å². The summed E-state index contributed by atoms with van der Waals surface area (Å²) in [7, 11) is 0. The summed E-state index contributed by atoms with van der Waals surface area (Å²) in [6, 6.07) is 46.4. The molecule has 0 aliphatic carbocycles. The maximum atomic E-state index is 9.27. The van der Waals surface area contributed by atoms with Crippen molar-refractivity contribution >= 4 is 43.1 Å². The summed E-state index contributed by atoms with van der Waals surface area (Å²) in [6.07, 6.45) is 0. The highest BCUT2D eigenvalue weighted by Crippen LogP contribution is 2.41. The number of fused-ring (bicyclic) bond motifs is 7. The Kier molecular flexibility index (Phi) is 4.93. The van der Waals surface area contributed by atoms with Crippen LogP contribution in [0.15, 0.2) is 121 Å². The fraction of sp³-hybridized carbons (Fsp3) is 0. The molecule has 0 radical (unpaired) electrons. The number of rotatable bonds is 2. The molecule has 0 atom stereocenters. The molecule has 0 amide bonds. The Morgan fingerprint density at radius 3 is 1.79 bits per heavy atom. The van der Waals surface area contributed by atoms with E-state index >= 15 is 0 Å². The van der Waals surface area contributed by atoms with Gasteiger partial charge in [-0.15, -0.1) is 0 Å². The highest BCUT2D eigenvalue weighted by atomic mass is 14.2. The van der Waals surface area contributed by atoms with E-state index in [1.807, 2.05) is 42.5 Å². The fourth-order valence-corrected chi connectivity index (χ4v) is 5.64. The normalized spacial score (nSPS) is 11.1. The predicted molar refractivity (Wildman–Crippen MR) is 157 cm³/mol. The molecule has 0 N–H and O–H groups in total. The highest BCUT2D eigenvalue weighted by molar-refractivity contribution is 6.28. The quantitative estimate of drug-likeness (QED) is 0.231. The van der Waals surface area contributed by atoms with E-state index in [2.05, 4.69) is 91.0 Å². The zero-order chi connectivity index (χ0) is 25.6. The molecule has 2 heteroatoms. The molecule has 7 aromatic rings. The van der Waals surface area contributed by atoms with Crippen molar-refractivity contribution in [3.8, 4) is 34.4 Å². The smallest absolute Gasteiger partial charge is 0.0991 e. The van der Waals surface area contributed by atoms with Crippen molar-refractivity contribution in [2.45, 2.75) is 0 Å². The molecule has 0 saturated heterocycles. The molecule has 174 valence electrons. The molecule has 0 saturated carbocycles. The number of nitriles is 2. The first-order valence-electron chi connectivity index (χ1n) is 12.6. The molecule has 2 nitrogen and oxygen atoms in total. The molecule has 0 bridgehead atoms. The van der Waals surface area contributed by atoms with E-state index in [1.165, 1.54) is 32.3 Å². The lowest BCUT2D eigenvalue weighted by Gasteiger charge is -2.15. The van der Waals surface area contributed by atoms with Crippen LogP contribution in [0.5, 0.6) is 0 Å². The summed E-state index contributed by atoms with van der Waals surface area (Å²) in [5, 5.41) is 28.0. The first-order valence-corrected chi connectivity index (χ1v) is 12.6. The van der Waals surface area contributed by atoms with Gasteiger partial charge in [0.15, 0.2) is 0 Å². The first-order chi connectivity index (χ1) is 18.7. The van der Waals surface area contributed by atoms with Crippen LogP contribution in [0.25, 0.3) is 65.3 Å². The van der Waals surface area contributed by atoms with Crippen molar-refractivity contribution in [2.24, 2.45) is 0 Å². The van der Waals surface area contributed by atoms with Crippen molar-refractivity contribution in [1.29, 1.82) is 10.5 Å². The third-order valence-corrected chi connectivity index (χ3v) is 7.49. The van der Waals surface area contributed by atoms with Crippen LogP contribution in [0.3, 0.4) is 0 Å². The second-order valence-corrected chi connectivity index (χ2v) is 9.61. The van der Waals surface area contributed by atoms with Gasteiger partial charge in [0.25, 0.3) is 0 Å². The Bertz CT molecular complexity index is 2140. The highest BCUT2D eigenvalue weighted by Gasteiger charge is 2.14. The van der Waals surface area contributed by atoms with Gasteiger partial charge < -0.3 is 0 Å². The number of hydrogen-bond donors (Lipinski definition) is 0. The van der Waals surface area contributed by atoms with Crippen LogP contribution in [-0.4, -0.2) is 0 Å². The molecule has 0 heterocycles. The maximum absolute atomic E-state index is 9.27. The summed E-state index contributed by atoms with van der Waals surface area (Å²) in [4.78, 5) is 0. The van der Waals surface area contributed by atoms with Gasteiger partial charge in [0.1, 0.15) is 0 Å². The zero-order valence-corrected chi connectivity index (χ0v) is 20.4. The standard InChI is InChI=1S/C36H20N2/c37-21-23-8-11-25(12-9-23)30-6-3-7-34-35-20-29(16-17-32(35)31-4-1-2-5-33(31)36(30)34)28-15-14-26-18-24(22-38)10-13-27(26)19-28/h1-20H. The van der Waals surface area contributed by atoms with Crippen molar-refractivity contribution in [2.75, 3.05) is 0 Å². The molecular weight excluding hydrogens is 460 g/mol. The summed E-state index contributed by atoms with van der Waals surface area (Å²) in [5.74, 6) is 0. The average molecular weight is 481 g/mol. The Balaban J connectivity index is 1.51. The Morgan fingerprint density at radius 2 is 0.974 bits per heavy atom. The lowest BCUT2D eigenvalue weighted by Crippen LogP contribution is -1.88. The van der Waals surface area contributed by atoms with Crippen LogP contribution < -0.4 is 0 Å². The van der Waals surface area contributed by atoms with Crippen LogP contribution in [-0.2, 0) is 0 Å². The largest absolute Gasteiger partial charge is 0.192 e. The topological polar surface area (TPSA) is 47.6 Å². The van der Waals surface area contributed by atoms with Crippen LogP contribution in [0.4, 0.5) is 0 Å². The third-order valence-electron chi connectivity index (χ3n) is 7.49. The summed E-state index contributed by atoms with van der Waals surface area (Å²) >= 11 is 0. The summed E-state index contributed by atoms with van der Waals surface area (Å²) in [6.45, 7) is 0. The van der Waals surface area contributed by atoms with Crippen LogP contribution in [0.2, 0.25) is 0 Å². The molecule has 0 aliphatic rings. The van der Waals surface area contributed by atoms with Crippen LogP contribution in [0.1, 0.15) is 11.1 Å². The lowest BCUT2D eigenvalue weighted by atomic mass is 9.88. The monoisotopic (exact) mass is 480 g/mol. The Hall–Kier alpha value is -5.44. The van der Waals surface area contributed by atoms with Crippen molar-refractivity contribution < 1.29 is 0 Å². The predicted octanol–water partition coefficient (Wildman–Crippen LogP) is 9.38. The molecule has 0 aromatic heterocycles. The second-order valence-electron chi connectivity index (χ2n) is 9.61. The summed E-state index contributed by atoms with van der Waals surface area (Å²) < 4.78 is 0. The average Bonchev–Trinajstić information content (AvgIpc) is 3.00. The third kappa shape index (κ3) is 3.40. The SMILES string of the molecule is N#Cc1ccc(-c2cccc3c4cc(-c5ccc6cc(C#N)ccc6c5)ccc4c4ccccc4c23)cc1. The molecule has 7 aromatic carbocycles. The maximum Gasteiger partial charge on any atom is 0.0991 e. The van der Waals surface area contributed by atoms with Crippen molar-refractivity contribution in [1.82, 2.24) is 0 Å². The van der Waals surface area contributed by atoms with Crippen molar-refractivity contribution in [3.63, 3.8) is 0 Å². The molecule has 0 aliphatic heterocycles. The van der Waals surface area contributed by atoms with Gasteiger partial charge in [-0.1, -0.05) is 84.9 Å². The summed E-state index contributed by atoms with van der Waals surface area (Å²) in [5.41, 5.74) is 5.90. The van der Waals surface area contributed by atoms with Gasteiger partial charge in [-0.25, -0.2) is 0 Å². The minimum absolute atomic E-state index is 0.660. The molecule has 0 unspecified atom stereocenters. The van der Waals surface area contributed by atoms with Gasteiger partial charge in [0.2, 0.25) is 0 Å². The lowest BCUT2D eigenvalue weighted by molar-refractivity contribution is 1.48. The van der Waals surface area contributed by atoms with E-state index in [4.69, 9.17) is 0 Å². The van der Waals surface area contributed by atoms with E-state index in [9.17, 15) is 10.5 Å². The number of benzene rings is 7. The van der Waals surface area contributed by atoms with Crippen LogP contribution >= 0.6 is 0 Å².